The number of ether oxygens (including phenoxy) is 1. The molecular weight excluding hydrogens is 355 g/mol. The third-order valence-corrected chi connectivity index (χ3v) is 6.76. The van der Waals surface area contributed by atoms with Crippen LogP contribution in [0.3, 0.4) is 0 Å². The van der Waals surface area contributed by atoms with Crippen molar-refractivity contribution >= 4 is 24.3 Å². The topological polar surface area (TPSA) is 27.7 Å². The number of hydrogen-bond donors (Lipinski definition) is 0. The summed E-state index contributed by atoms with van der Waals surface area (Å²) >= 11 is 1.83. The zero-order valence-electron chi connectivity index (χ0n) is 17.4. The number of methoxy groups -OCH3 is 1. The van der Waals surface area contributed by atoms with Crippen molar-refractivity contribution in [1.29, 1.82) is 0 Å². The van der Waals surface area contributed by atoms with Gasteiger partial charge in [-0.25, -0.2) is 0 Å². The minimum Gasteiger partial charge on any atom is -0.496 e. The fraction of sp³-hybridized carbons (Fsp3) is 0.455. The van der Waals surface area contributed by atoms with Gasteiger partial charge >= 0.3 is 7.12 Å². The van der Waals surface area contributed by atoms with E-state index in [-0.39, 0.29) is 18.3 Å². The maximum Gasteiger partial charge on any atom is 0.494 e. The molecule has 0 aromatic heterocycles. The van der Waals surface area contributed by atoms with E-state index in [2.05, 4.69) is 65.8 Å². The van der Waals surface area contributed by atoms with Crippen LogP contribution in [-0.2, 0) is 15.1 Å². The second-order valence-corrected chi connectivity index (χ2v) is 9.23. The van der Waals surface area contributed by atoms with Gasteiger partial charge in [-0.05, 0) is 64.7 Å². The Morgan fingerprint density at radius 2 is 1.63 bits per heavy atom. The summed E-state index contributed by atoms with van der Waals surface area (Å²) in [7, 11) is 1.36. The lowest BCUT2D eigenvalue weighted by Crippen LogP contribution is -2.41. The molecule has 3 rings (SSSR count). The second-order valence-electron chi connectivity index (χ2n) is 8.22. The average molecular weight is 384 g/mol. The lowest BCUT2D eigenvalue weighted by molar-refractivity contribution is 0.00578. The molecule has 0 spiro atoms. The summed E-state index contributed by atoms with van der Waals surface area (Å²) in [5.41, 5.74) is 4.07. The van der Waals surface area contributed by atoms with Crippen molar-refractivity contribution in [2.24, 2.45) is 0 Å². The molecule has 0 saturated carbocycles. The van der Waals surface area contributed by atoms with Crippen LogP contribution < -0.4 is 10.2 Å². The van der Waals surface area contributed by atoms with Crippen molar-refractivity contribution in [1.82, 2.24) is 0 Å². The third-order valence-electron chi connectivity index (χ3n) is 5.56. The van der Waals surface area contributed by atoms with Crippen LogP contribution in [0.1, 0.15) is 44.4 Å². The first-order valence-corrected chi connectivity index (χ1v) is 10.3. The highest BCUT2D eigenvalue weighted by Crippen LogP contribution is 2.37. The van der Waals surface area contributed by atoms with Crippen LogP contribution in [-0.4, -0.2) is 25.4 Å². The number of rotatable bonds is 5. The Kier molecular flexibility index (Phi) is 5.67. The Bertz CT molecular complexity index is 816. The lowest BCUT2D eigenvalue weighted by Gasteiger charge is -2.32. The van der Waals surface area contributed by atoms with Crippen LogP contribution in [0.5, 0.6) is 5.75 Å². The molecule has 1 saturated heterocycles. The molecule has 144 valence electrons. The van der Waals surface area contributed by atoms with Gasteiger partial charge in [0, 0.05) is 16.2 Å². The highest BCUT2D eigenvalue weighted by molar-refractivity contribution is 7.98. The molecule has 0 unspecified atom stereocenters. The van der Waals surface area contributed by atoms with Gasteiger partial charge in [0.15, 0.2) is 0 Å². The highest BCUT2D eigenvalue weighted by atomic mass is 32.2. The Balaban J connectivity index is 1.83. The van der Waals surface area contributed by atoms with Gasteiger partial charge < -0.3 is 14.0 Å². The summed E-state index contributed by atoms with van der Waals surface area (Å²) in [4.78, 5) is 1.30. The van der Waals surface area contributed by atoms with E-state index in [1.54, 1.807) is 7.11 Å². The van der Waals surface area contributed by atoms with Gasteiger partial charge in [0.2, 0.25) is 0 Å². The second kappa shape index (κ2) is 7.54. The van der Waals surface area contributed by atoms with Gasteiger partial charge in [0.1, 0.15) is 5.75 Å². The number of thioether (sulfide) groups is 1. The molecule has 2 aromatic carbocycles. The van der Waals surface area contributed by atoms with E-state index in [9.17, 15) is 0 Å². The van der Waals surface area contributed by atoms with Gasteiger partial charge in [0.05, 0.1) is 18.3 Å². The normalized spacial score (nSPS) is 18.0. The van der Waals surface area contributed by atoms with Gasteiger partial charge in [-0.1, -0.05) is 29.8 Å². The van der Waals surface area contributed by atoms with Gasteiger partial charge in [-0.3, -0.25) is 0 Å². The first kappa shape index (κ1) is 20.3. The van der Waals surface area contributed by atoms with E-state index in [4.69, 9.17) is 14.0 Å². The Labute approximate surface area is 167 Å². The summed E-state index contributed by atoms with van der Waals surface area (Å²) in [6, 6.07) is 12.8. The molecule has 0 atom stereocenters. The van der Waals surface area contributed by atoms with Crippen LogP contribution >= 0.6 is 11.8 Å². The molecule has 3 nitrogen and oxygen atoms in total. The predicted molar refractivity (Wildman–Crippen MR) is 114 cm³/mol. The van der Waals surface area contributed by atoms with Gasteiger partial charge in [-0.15, -0.1) is 11.8 Å². The molecule has 1 aliphatic heterocycles. The van der Waals surface area contributed by atoms with Crippen LogP contribution in [0, 0.1) is 13.8 Å². The Hall–Kier alpha value is -1.43. The standard InChI is InChI=1S/C22H29BO3S/c1-15-8-9-16(2)20(12-15)27-14-17-13-18(10-11-19(17)24-7)23-25-21(3,4)22(5,6)26-23/h8-13H,14H2,1-7H3. The van der Waals surface area contributed by atoms with Crippen molar-refractivity contribution in [2.45, 2.75) is 63.4 Å². The van der Waals surface area contributed by atoms with Crippen LogP contribution in [0.2, 0.25) is 0 Å². The molecule has 0 aliphatic carbocycles. The van der Waals surface area contributed by atoms with Crippen LogP contribution in [0.15, 0.2) is 41.3 Å². The minimum absolute atomic E-state index is 0.342. The summed E-state index contributed by atoms with van der Waals surface area (Å²) in [6.07, 6.45) is 0. The maximum atomic E-state index is 6.21. The summed E-state index contributed by atoms with van der Waals surface area (Å²) in [5.74, 6) is 1.73. The Morgan fingerprint density at radius 1 is 0.963 bits per heavy atom. The molecule has 1 fully saturated rings. The molecule has 0 bridgehead atoms. The number of benzene rings is 2. The smallest absolute Gasteiger partial charge is 0.494 e. The van der Waals surface area contributed by atoms with E-state index in [1.807, 2.05) is 23.9 Å². The van der Waals surface area contributed by atoms with E-state index >= 15 is 0 Å². The predicted octanol–water partition coefficient (Wildman–Crippen LogP) is 4.90. The zero-order valence-corrected chi connectivity index (χ0v) is 18.2. The van der Waals surface area contributed by atoms with E-state index in [1.165, 1.54) is 16.0 Å². The van der Waals surface area contributed by atoms with E-state index in [0.29, 0.717) is 0 Å². The maximum absolute atomic E-state index is 6.21. The minimum atomic E-state index is -0.356. The first-order valence-electron chi connectivity index (χ1n) is 9.35. The largest absolute Gasteiger partial charge is 0.496 e. The number of hydrogen-bond acceptors (Lipinski definition) is 4. The molecule has 1 heterocycles. The van der Waals surface area contributed by atoms with Crippen molar-refractivity contribution < 1.29 is 14.0 Å². The quantitative estimate of drug-likeness (QED) is 0.541. The highest BCUT2D eigenvalue weighted by Gasteiger charge is 2.51. The number of aryl methyl sites for hydroxylation is 2. The average Bonchev–Trinajstić information content (AvgIpc) is 2.83. The molecule has 1 aliphatic rings. The Morgan fingerprint density at radius 3 is 2.26 bits per heavy atom. The van der Waals surface area contributed by atoms with Crippen molar-refractivity contribution in [3.8, 4) is 5.75 Å². The SMILES string of the molecule is COc1ccc(B2OC(C)(C)C(C)(C)O2)cc1CSc1cc(C)ccc1C. The summed E-state index contributed by atoms with van der Waals surface area (Å²) in [6.45, 7) is 12.6. The van der Waals surface area contributed by atoms with Crippen LogP contribution in [0.4, 0.5) is 0 Å². The lowest BCUT2D eigenvalue weighted by atomic mass is 9.78. The monoisotopic (exact) mass is 384 g/mol. The van der Waals surface area contributed by atoms with E-state index < -0.39 is 0 Å². The summed E-state index contributed by atoms with van der Waals surface area (Å²) in [5, 5.41) is 0. The zero-order chi connectivity index (χ0) is 19.8. The molecule has 27 heavy (non-hydrogen) atoms. The molecular formula is C22H29BO3S. The van der Waals surface area contributed by atoms with Gasteiger partial charge in [0.25, 0.3) is 0 Å². The van der Waals surface area contributed by atoms with Crippen LogP contribution in [0.25, 0.3) is 0 Å². The first-order chi connectivity index (χ1) is 12.6. The molecule has 0 radical (unpaired) electrons. The molecule has 0 amide bonds. The van der Waals surface area contributed by atoms with E-state index in [0.717, 1.165) is 22.5 Å². The molecule has 0 N–H and O–H groups in total. The fourth-order valence-corrected chi connectivity index (χ4v) is 4.16. The molecule has 5 heteroatoms. The molecule has 2 aromatic rings. The van der Waals surface area contributed by atoms with Crippen molar-refractivity contribution in [2.75, 3.05) is 7.11 Å². The van der Waals surface area contributed by atoms with Crippen molar-refractivity contribution in [3.05, 3.63) is 53.1 Å². The fourth-order valence-electron chi connectivity index (χ4n) is 3.06. The van der Waals surface area contributed by atoms with Crippen molar-refractivity contribution in [3.63, 3.8) is 0 Å². The summed E-state index contributed by atoms with van der Waals surface area (Å²) < 4.78 is 18.0. The third kappa shape index (κ3) is 4.20. The van der Waals surface area contributed by atoms with Gasteiger partial charge in [-0.2, -0.15) is 0 Å².